The Morgan fingerprint density at radius 2 is 2.27 bits per heavy atom. The number of nitrogens with zero attached hydrogens (tertiary/aromatic N) is 4. The molecule has 3 heterocycles. The summed E-state index contributed by atoms with van der Waals surface area (Å²) in [7, 11) is 0. The molecule has 0 spiro atoms. The lowest BCUT2D eigenvalue weighted by atomic mass is 10.2. The largest absolute Gasteiger partial charge is 0.349 e. The van der Waals surface area contributed by atoms with Crippen LogP contribution in [0.15, 0.2) is 36.8 Å². The average Bonchev–Trinajstić information content (AvgIpc) is 2.88. The zero-order chi connectivity index (χ0) is 15.4. The number of hydrogen-bond acceptors (Lipinski definition) is 5. The Kier molecular flexibility index (Phi) is 4.27. The SMILES string of the molecule is CCCN1C[C@H](Nc2nccc(-c3cccnc3)n2)CC1=O. The van der Waals surface area contributed by atoms with E-state index in [1.807, 2.05) is 23.1 Å². The normalized spacial score (nSPS) is 17.8. The summed E-state index contributed by atoms with van der Waals surface area (Å²) in [4.78, 5) is 26.6. The number of carbonyl (C=O) groups excluding carboxylic acids is 1. The minimum absolute atomic E-state index is 0.0724. The van der Waals surface area contributed by atoms with Crippen molar-refractivity contribution < 1.29 is 4.79 Å². The first-order valence-corrected chi connectivity index (χ1v) is 7.54. The third-order valence-electron chi connectivity index (χ3n) is 3.65. The van der Waals surface area contributed by atoms with Crippen LogP contribution in [0.4, 0.5) is 5.95 Å². The average molecular weight is 297 g/mol. The third kappa shape index (κ3) is 3.21. The van der Waals surface area contributed by atoms with E-state index in [9.17, 15) is 4.79 Å². The monoisotopic (exact) mass is 297 g/mol. The predicted molar refractivity (Wildman–Crippen MR) is 84.2 cm³/mol. The van der Waals surface area contributed by atoms with Gasteiger partial charge in [-0.1, -0.05) is 6.92 Å². The maximum atomic E-state index is 11.9. The second-order valence-electron chi connectivity index (χ2n) is 5.39. The molecule has 6 nitrogen and oxygen atoms in total. The summed E-state index contributed by atoms with van der Waals surface area (Å²) in [6, 6.07) is 5.76. The lowest BCUT2D eigenvalue weighted by molar-refractivity contribution is -0.127. The van der Waals surface area contributed by atoms with Crippen LogP contribution in [0.3, 0.4) is 0 Å². The fourth-order valence-electron chi connectivity index (χ4n) is 2.64. The summed E-state index contributed by atoms with van der Waals surface area (Å²) in [5.41, 5.74) is 1.77. The van der Waals surface area contributed by atoms with Crippen LogP contribution in [0.5, 0.6) is 0 Å². The van der Waals surface area contributed by atoms with Gasteiger partial charge < -0.3 is 10.2 Å². The van der Waals surface area contributed by atoms with Gasteiger partial charge >= 0.3 is 0 Å². The van der Waals surface area contributed by atoms with Crippen LogP contribution in [-0.2, 0) is 4.79 Å². The van der Waals surface area contributed by atoms with Crippen molar-refractivity contribution in [1.82, 2.24) is 19.9 Å². The number of aromatic nitrogens is 3. The number of amides is 1. The van der Waals surface area contributed by atoms with Crippen LogP contribution < -0.4 is 5.32 Å². The summed E-state index contributed by atoms with van der Waals surface area (Å²) in [5.74, 6) is 0.750. The van der Waals surface area contributed by atoms with Crippen molar-refractivity contribution in [3.8, 4) is 11.3 Å². The molecule has 1 saturated heterocycles. The van der Waals surface area contributed by atoms with Gasteiger partial charge in [0.2, 0.25) is 11.9 Å². The van der Waals surface area contributed by atoms with E-state index in [0.29, 0.717) is 18.9 Å². The van der Waals surface area contributed by atoms with Crippen molar-refractivity contribution in [2.24, 2.45) is 0 Å². The van der Waals surface area contributed by atoms with Crippen molar-refractivity contribution in [2.75, 3.05) is 18.4 Å². The van der Waals surface area contributed by atoms with Gasteiger partial charge in [0.1, 0.15) is 0 Å². The van der Waals surface area contributed by atoms with Crippen molar-refractivity contribution in [3.05, 3.63) is 36.8 Å². The molecule has 6 heteroatoms. The summed E-state index contributed by atoms with van der Waals surface area (Å²) < 4.78 is 0. The minimum atomic E-state index is 0.0724. The number of anilines is 1. The van der Waals surface area contributed by atoms with E-state index in [1.165, 1.54) is 0 Å². The highest BCUT2D eigenvalue weighted by Crippen LogP contribution is 2.18. The Hall–Kier alpha value is -2.50. The first kappa shape index (κ1) is 14.4. The molecule has 1 amide bonds. The lowest BCUT2D eigenvalue weighted by Crippen LogP contribution is -2.28. The number of pyridine rings is 1. The van der Waals surface area contributed by atoms with Crippen LogP contribution in [0.1, 0.15) is 19.8 Å². The van der Waals surface area contributed by atoms with Gasteiger partial charge in [-0.2, -0.15) is 0 Å². The molecule has 2 aromatic rings. The fraction of sp³-hybridized carbons (Fsp3) is 0.375. The van der Waals surface area contributed by atoms with Crippen molar-refractivity contribution >= 4 is 11.9 Å². The maximum Gasteiger partial charge on any atom is 0.224 e. The molecular formula is C16H19N5O. The predicted octanol–water partition coefficient (Wildman–Crippen LogP) is 1.96. The first-order valence-electron chi connectivity index (χ1n) is 7.54. The number of nitrogens with one attached hydrogen (secondary N) is 1. The van der Waals surface area contributed by atoms with E-state index in [1.54, 1.807) is 18.6 Å². The van der Waals surface area contributed by atoms with Gasteiger partial charge in [-0.15, -0.1) is 0 Å². The smallest absolute Gasteiger partial charge is 0.224 e. The molecule has 0 bridgehead atoms. The van der Waals surface area contributed by atoms with E-state index in [4.69, 9.17) is 0 Å². The van der Waals surface area contributed by atoms with E-state index in [-0.39, 0.29) is 11.9 Å². The fourth-order valence-corrected chi connectivity index (χ4v) is 2.64. The third-order valence-corrected chi connectivity index (χ3v) is 3.65. The summed E-state index contributed by atoms with van der Waals surface area (Å²) in [5, 5.41) is 3.26. The topological polar surface area (TPSA) is 71.0 Å². The van der Waals surface area contributed by atoms with Gasteiger partial charge in [-0.25, -0.2) is 9.97 Å². The van der Waals surface area contributed by atoms with Crippen molar-refractivity contribution in [3.63, 3.8) is 0 Å². The molecule has 1 aliphatic rings. The second kappa shape index (κ2) is 6.51. The zero-order valence-corrected chi connectivity index (χ0v) is 12.6. The molecule has 2 aromatic heterocycles. The molecule has 0 radical (unpaired) electrons. The van der Waals surface area contributed by atoms with Crippen molar-refractivity contribution in [1.29, 1.82) is 0 Å². The molecule has 0 unspecified atom stereocenters. The van der Waals surface area contributed by atoms with Gasteiger partial charge in [-0.05, 0) is 24.6 Å². The van der Waals surface area contributed by atoms with E-state index < -0.39 is 0 Å². The Bertz CT molecular complexity index is 646. The Morgan fingerprint density at radius 1 is 1.36 bits per heavy atom. The van der Waals surface area contributed by atoms with Gasteiger partial charge in [0.25, 0.3) is 0 Å². The Balaban J connectivity index is 1.70. The Labute approximate surface area is 129 Å². The molecule has 0 aliphatic carbocycles. The van der Waals surface area contributed by atoms with Gasteiger partial charge in [0.15, 0.2) is 0 Å². The number of hydrogen-bond donors (Lipinski definition) is 1. The van der Waals surface area contributed by atoms with Crippen molar-refractivity contribution in [2.45, 2.75) is 25.8 Å². The number of carbonyl (C=O) groups is 1. The Morgan fingerprint density at radius 3 is 3.05 bits per heavy atom. The highest BCUT2D eigenvalue weighted by molar-refractivity contribution is 5.79. The molecule has 1 N–H and O–H groups in total. The maximum absolute atomic E-state index is 11.9. The van der Waals surface area contributed by atoms with Crippen LogP contribution in [-0.4, -0.2) is 44.9 Å². The van der Waals surface area contributed by atoms with Crippen LogP contribution in [0.25, 0.3) is 11.3 Å². The summed E-state index contributed by atoms with van der Waals surface area (Å²) in [6.07, 6.45) is 6.70. The molecule has 1 atom stereocenters. The minimum Gasteiger partial charge on any atom is -0.349 e. The molecule has 0 saturated carbocycles. The standard InChI is InChI=1S/C16H19N5O/c1-2-8-21-11-13(9-15(21)22)19-16-18-7-5-14(20-16)12-4-3-6-17-10-12/h3-7,10,13H,2,8-9,11H2,1H3,(H,18,19,20)/t13-/m1/s1. The number of likely N-dealkylation sites (tertiary alicyclic amines) is 1. The molecular weight excluding hydrogens is 278 g/mol. The van der Waals surface area contributed by atoms with Crippen LogP contribution in [0.2, 0.25) is 0 Å². The molecule has 1 fully saturated rings. The van der Waals surface area contributed by atoms with Crippen LogP contribution >= 0.6 is 0 Å². The summed E-state index contributed by atoms with van der Waals surface area (Å²) in [6.45, 7) is 3.61. The molecule has 114 valence electrons. The second-order valence-corrected chi connectivity index (χ2v) is 5.39. The molecule has 22 heavy (non-hydrogen) atoms. The lowest BCUT2D eigenvalue weighted by Gasteiger charge is -2.16. The molecule has 3 rings (SSSR count). The summed E-state index contributed by atoms with van der Waals surface area (Å²) >= 11 is 0. The first-order chi connectivity index (χ1) is 10.8. The highest BCUT2D eigenvalue weighted by Gasteiger charge is 2.29. The molecule has 0 aromatic carbocycles. The molecule has 1 aliphatic heterocycles. The van der Waals surface area contributed by atoms with Gasteiger partial charge in [-0.3, -0.25) is 9.78 Å². The van der Waals surface area contributed by atoms with Gasteiger partial charge in [0.05, 0.1) is 11.7 Å². The van der Waals surface area contributed by atoms with Crippen LogP contribution in [0, 0.1) is 0 Å². The van der Waals surface area contributed by atoms with E-state index in [2.05, 4.69) is 27.2 Å². The van der Waals surface area contributed by atoms with Gasteiger partial charge in [0, 0.05) is 43.7 Å². The zero-order valence-electron chi connectivity index (χ0n) is 12.6. The quantitative estimate of drug-likeness (QED) is 0.913. The van der Waals surface area contributed by atoms with E-state index >= 15 is 0 Å². The highest BCUT2D eigenvalue weighted by atomic mass is 16.2. The van der Waals surface area contributed by atoms with E-state index in [0.717, 1.165) is 24.2 Å². The number of rotatable bonds is 5.